The normalized spacial score (nSPS) is 15.7. The molecule has 1 radical (unpaired) electrons. The molecule has 0 aliphatic heterocycles. The smallest absolute Gasteiger partial charge is 0.0900 e. The van der Waals surface area contributed by atoms with Crippen LogP contribution in [0.3, 0.4) is 0 Å². The quantitative estimate of drug-likeness (QED) is 0.593. The van der Waals surface area contributed by atoms with Crippen molar-refractivity contribution in [3.05, 3.63) is 6.92 Å². The summed E-state index contributed by atoms with van der Waals surface area (Å²) in [5.41, 5.74) is -0.972. The third-order valence-electron chi connectivity index (χ3n) is 1.84. The molecule has 2 nitrogen and oxygen atoms in total. The van der Waals surface area contributed by atoms with E-state index in [1.54, 1.807) is 0 Å². The van der Waals surface area contributed by atoms with Gasteiger partial charge in [0.15, 0.2) is 0 Å². The van der Waals surface area contributed by atoms with Gasteiger partial charge in [0.1, 0.15) is 0 Å². The average molecular weight is 131 g/mol. The van der Waals surface area contributed by atoms with Crippen LogP contribution in [0.5, 0.6) is 0 Å². The summed E-state index contributed by atoms with van der Waals surface area (Å²) in [7, 11) is 0. The predicted molar refractivity (Wildman–Crippen MR) is 36.9 cm³/mol. The van der Waals surface area contributed by atoms with E-state index in [9.17, 15) is 5.11 Å². The minimum Gasteiger partial charge on any atom is -0.390 e. The Morgan fingerprint density at radius 3 is 1.78 bits per heavy atom. The lowest BCUT2D eigenvalue weighted by atomic mass is 9.92. The summed E-state index contributed by atoms with van der Waals surface area (Å²) in [6.45, 7) is 7.02. The SMILES string of the molecule is [CH2]C(O)C(O)(CC)CC. The molecule has 0 bridgehead atoms. The first kappa shape index (κ1) is 8.92. The standard InChI is InChI=1S/C7H15O2/c1-4-7(9,5-2)6(3)8/h6,8-9H,3-5H2,1-2H3. The fourth-order valence-electron chi connectivity index (χ4n) is 0.721. The molecular formula is C7H15O2. The molecule has 1 unspecified atom stereocenters. The van der Waals surface area contributed by atoms with Crippen LogP contribution in [0.1, 0.15) is 26.7 Å². The molecule has 0 aliphatic rings. The summed E-state index contributed by atoms with van der Waals surface area (Å²) in [6.07, 6.45) is 0.231. The van der Waals surface area contributed by atoms with Crippen molar-refractivity contribution in [2.75, 3.05) is 0 Å². The Balaban J connectivity index is 3.92. The summed E-state index contributed by atoms with van der Waals surface area (Å²) in [5, 5.41) is 18.3. The molecule has 0 fully saturated rings. The molecule has 0 saturated heterocycles. The lowest BCUT2D eigenvalue weighted by molar-refractivity contribution is -0.0586. The van der Waals surface area contributed by atoms with Crippen molar-refractivity contribution in [3.63, 3.8) is 0 Å². The predicted octanol–water partition coefficient (Wildman–Crippen LogP) is 0.732. The summed E-state index contributed by atoms with van der Waals surface area (Å²) < 4.78 is 0. The Morgan fingerprint density at radius 1 is 1.44 bits per heavy atom. The topological polar surface area (TPSA) is 40.5 Å². The second-order valence-corrected chi connectivity index (χ2v) is 2.33. The molecule has 0 aromatic rings. The van der Waals surface area contributed by atoms with Gasteiger partial charge in [-0.3, -0.25) is 0 Å². The number of hydrogen-bond acceptors (Lipinski definition) is 2. The summed E-state index contributed by atoms with van der Waals surface area (Å²) in [4.78, 5) is 0. The van der Waals surface area contributed by atoms with Crippen LogP contribution in [0.25, 0.3) is 0 Å². The van der Waals surface area contributed by atoms with Gasteiger partial charge < -0.3 is 10.2 Å². The average Bonchev–Trinajstić information content (AvgIpc) is 1.86. The third-order valence-corrected chi connectivity index (χ3v) is 1.84. The van der Waals surface area contributed by atoms with E-state index in [0.717, 1.165) is 0 Å². The van der Waals surface area contributed by atoms with E-state index in [0.29, 0.717) is 12.8 Å². The van der Waals surface area contributed by atoms with Gasteiger partial charge in [0.05, 0.1) is 11.7 Å². The minimum absolute atomic E-state index is 0.550. The number of hydrogen-bond donors (Lipinski definition) is 2. The fourth-order valence-corrected chi connectivity index (χ4v) is 0.721. The van der Waals surface area contributed by atoms with Crippen LogP contribution in [0, 0.1) is 6.92 Å². The molecule has 0 saturated carbocycles. The monoisotopic (exact) mass is 131 g/mol. The first-order valence-electron chi connectivity index (χ1n) is 3.30. The van der Waals surface area contributed by atoms with Crippen molar-refractivity contribution < 1.29 is 10.2 Å². The Labute approximate surface area is 56.5 Å². The van der Waals surface area contributed by atoms with E-state index in [1.165, 1.54) is 0 Å². The Morgan fingerprint density at radius 2 is 1.78 bits per heavy atom. The number of aliphatic hydroxyl groups excluding tert-OH is 1. The highest BCUT2D eigenvalue weighted by Crippen LogP contribution is 2.18. The maximum atomic E-state index is 9.39. The number of rotatable bonds is 3. The largest absolute Gasteiger partial charge is 0.390 e. The molecule has 9 heavy (non-hydrogen) atoms. The second kappa shape index (κ2) is 3.18. The molecule has 0 rings (SSSR count). The van der Waals surface area contributed by atoms with E-state index >= 15 is 0 Å². The first-order valence-corrected chi connectivity index (χ1v) is 3.30. The van der Waals surface area contributed by atoms with Crippen LogP contribution in [-0.2, 0) is 0 Å². The zero-order chi connectivity index (χ0) is 7.49. The molecular weight excluding hydrogens is 116 g/mol. The molecule has 0 aromatic carbocycles. The van der Waals surface area contributed by atoms with Gasteiger partial charge >= 0.3 is 0 Å². The molecule has 0 amide bonds. The van der Waals surface area contributed by atoms with E-state index in [4.69, 9.17) is 5.11 Å². The van der Waals surface area contributed by atoms with Gasteiger partial charge in [-0.05, 0) is 19.8 Å². The van der Waals surface area contributed by atoms with Gasteiger partial charge in [-0.15, -0.1) is 0 Å². The Bertz CT molecular complexity index is 75.0. The highest BCUT2D eigenvalue weighted by atomic mass is 16.3. The lowest BCUT2D eigenvalue weighted by Crippen LogP contribution is -2.39. The molecule has 0 spiro atoms. The molecule has 2 heteroatoms. The molecule has 0 aromatic heterocycles. The molecule has 0 aliphatic carbocycles. The van der Waals surface area contributed by atoms with Crippen LogP contribution < -0.4 is 0 Å². The van der Waals surface area contributed by atoms with Crippen molar-refractivity contribution in [2.24, 2.45) is 0 Å². The maximum Gasteiger partial charge on any atom is 0.0900 e. The summed E-state index contributed by atoms with van der Waals surface area (Å²) in [5.74, 6) is 0. The maximum absolute atomic E-state index is 9.39. The van der Waals surface area contributed by atoms with Crippen LogP contribution in [-0.4, -0.2) is 21.9 Å². The number of aliphatic hydroxyl groups is 2. The van der Waals surface area contributed by atoms with Crippen LogP contribution in [0.15, 0.2) is 0 Å². The van der Waals surface area contributed by atoms with Gasteiger partial charge in [0, 0.05) is 0 Å². The molecule has 2 N–H and O–H groups in total. The van der Waals surface area contributed by atoms with Gasteiger partial charge in [-0.1, -0.05) is 13.8 Å². The molecule has 1 atom stereocenters. The third kappa shape index (κ3) is 1.95. The van der Waals surface area contributed by atoms with Crippen molar-refractivity contribution in [1.29, 1.82) is 0 Å². The van der Waals surface area contributed by atoms with Crippen LogP contribution >= 0.6 is 0 Å². The Hall–Kier alpha value is -0.0800. The fraction of sp³-hybridized carbons (Fsp3) is 0.857. The van der Waals surface area contributed by atoms with E-state index in [2.05, 4.69) is 6.92 Å². The van der Waals surface area contributed by atoms with Gasteiger partial charge in [0.25, 0.3) is 0 Å². The van der Waals surface area contributed by atoms with Gasteiger partial charge in [0.2, 0.25) is 0 Å². The summed E-state index contributed by atoms with van der Waals surface area (Å²) in [6, 6.07) is 0. The van der Waals surface area contributed by atoms with E-state index < -0.39 is 11.7 Å². The summed E-state index contributed by atoms with van der Waals surface area (Å²) >= 11 is 0. The van der Waals surface area contributed by atoms with Crippen molar-refractivity contribution in [1.82, 2.24) is 0 Å². The van der Waals surface area contributed by atoms with Crippen molar-refractivity contribution >= 4 is 0 Å². The van der Waals surface area contributed by atoms with Crippen LogP contribution in [0.2, 0.25) is 0 Å². The van der Waals surface area contributed by atoms with Gasteiger partial charge in [-0.2, -0.15) is 0 Å². The first-order chi connectivity index (χ1) is 4.06. The van der Waals surface area contributed by atoms with E-state index in [-0.39, 0.29) is 0 Å². The highest BCUT2D eigenvalue weighted by Gasteiger charge is 2.27. The zero-order valence-corrected chi connectivity index (χ0v) is 6.09. The minimum atomic E-state index is -0.972. The van der Waals surface area contributed by atoms with Gasteiger partial charge in [-0.25, -0.2) is 0 Å². The second-order valence-electron chi connectivity index (χ2n) is 2.33. The molecule has 55 valence electrons. The van der Waals surface area contributed by atoms with Crippen LogP contribution in [0.4, 0.5) is 0 Å². The zero-order valence-electron chi connectivity index (χ0n) is 6.09. The van der Waals surface area contributed by atoms with Crippen molar-refractivity contribution in [2.45, 2.75) is 38.4 Å². The lowest BCUT2D eigenvalue weighted by Gasteiger charge is -2.27. The highest BCUT2D eigenvalue weighted by molar-refractivity contribution is 4.84. The molecule has 0 heterocycles. The Kier molecular flexibility index (Phi) is 3.15. The van der Waals surface area contributed by atoms with Crippen molar-refractivity contribution in [3.8, 4) is 0 Å². The van der Waals surface area contributed by atoms with E-state index in [1.807, 2.05) is 13.8 Å².